The molecule has 3 amide bonds. The van der Waals surface area contributed by atoms with Gasteiger partial charge in [-0.2, -0.15) is 26.3 Å². The zero-order valence-corrected chi connectivity index (χ0v) is 30.7. The lowest BCUT2D eigenvalue weighted by Gasteiger charge is -2.40. The van der Waals surface area contributed by atoms with Crippen LogP contribution in [-0.4, -0.2) is 132 Å². The maximum absolute atomic E-state index is 14.6. The summed E-state index contributed by atoms with van der Waals surface area (Å²) < 4.78 is 63.5. The van der Waals surface area contributed by atoms with Gasteiger partial charge in [0.25, 0.3) is 0 Å². The van der Waals surface area contributed by atoms with Crippen molar-refractivity contribution in [1.29, 1.82) is 0 Å². The molecule has 2 aromatic carbocycles. The summed E-state index contributed by atoms with van der Waals surface area (Å²) in [6.45, 7) is 9.58. The van der Waals surface area contributed by atoms with E-state index in [2.05, 4.69) is 47.2 Å². The average molecular weight is 793 g/mol. The van der Waals surface area contributed by atoms with Gasteiger partial charge in [0.2, 0.25) is 5.91 Å². The Kier molecular flexibility index (Phi) is 15.2. The molecule has 2 aliphatic rings. The smallest absolute Gasteiger partial charge is 0.475 e. The highest BCUT2D eigenvalue weighted by Crippen LogP contribution is 2.35. The summed E-state index contributed by atoms with van der Waals surface area (Å²) in [6.07, 6.45) is -7.34. The molecule has 0 saturated carbocycles. The maximum Gasteiger partial charge on any atom is 0.490 e. The monoisotopic (exact) mass is 792 g/mol. The van der Waals surface area contributed by atoms with Crippen LogP contribution in [0.25, 0.3) is 10.9 Å². The number of nitrogens with zero attached hydrogens (tertiary/aromatic N) is 4. The Bertz CT molecular complexity index is 1740. The van der Waals surface area contributed by atoms with E-state index in [1.807, 2.05) is 59.3 Å². The van der Waals surface area contributed by atoms with Gasteiger partial charge >= 0.3 is 30.3 Å². The van der Waals surface area contributed by atoms with Crippen molar-refractivity contribution in [3.8, 4) is 0 Å². The second kappa shape index (κ2) is 18.7. The minimum atomic E-state index is -5.08. The number of benzene rings is 2. The van der Waals surface area contributed by atoms with E-state index in [9.17, 15) is 35.9 Å². The first-order valence-electron chi connectivity index (χ1n) is 16.8. The third kappa shape index (κ3) is 12.0. The summed E-state index contributed by atoms with van der Waals surface area (Å²) in [5, 5.41) is 19.2. The van der Waals surface area contributed by atoms with Crippen molar-refractivity contribution in [2.24, 2.45) is 5.92 Å². The maximum atomic E-state index is 14.6. The zero-order chi connectivity index (χ0) is 40.5. The molecule has 1 saturated heterocycles. The van der Waals surface area contributed by atoms with Gasteiger partial charge in [-0.25, -0.2) is 14.4 Å². The van der Waals surface area contributed by atoms with Gasteiger partial charge in [0.05, 0.1) is 0 Å². The number of aromatic amines is 1. The first kappa shape index (κ1) is 43.9. The number of anilines is 1. The summed E-state index contributed by atoms with van der Waals surface area (Å²) in [5.74, 6) is -5.60. The number of halogens is 7. The van der Waals surface area contributed by atoms with Gasteiger partial charge in [0.15, 0.2) is 0 Å². The number of alkyl halides is 6. The van der Waals surface area contributed by atoms with E-state index in [4.69, 9.17) is 31.4 Å². The minimum Gasteiger partial charge on any atom is -0.475 e. The van der Waals surface area contributed by atoms with E-state index in [0.29, 0.717) is 24.7 Å². The number of para-hydroxylation sites is 1. The average Bonchev–Trinajstić information content (AvgIpc) is 3.53. The molecule has 0 radical (unpaired) electrons. The molecule has 2 unspecified atom stereocenters. The van der Waals surface area contributed by atoms with E-state index in [1.165, 1.54) is 0 Å². The normalized spacial score (nSPS) is 17.4. The Morgan fingerprint density at radius 1 is 0.963 bits per heavy atom. The highest BCUT2D eigenvalue weighted by molar-refractivity contribution is 6.30. The van der Waals surface area contributed by atoms with Crippen LogP contribution in [-0.2, 0) is 20.8 Å². The number of H-pyrrole nitrogens is 1. The molecule has 3 aromatic rings. The number of piperazine rings is 1. The predicted octanol–water partition coefficient (Wildman–Crippen LogP) is 5.67. The molecule has 1 fully saturated rings. The fourth-order valence-electron chi connectivity index (χ4n) is 6.27. The minimum absolute atomic E-state index is 0.0923. The highest BCUT2D eigenvalue weighted by atomic mass is 35.5. The number of carboxylic acid groups (broad SMARTS) is 2. The molecule has 19 heteroatoms. The van der Waals surface area contributed by atoms with Crippen LogP contribution in [0, 0.1) is 5.92 Å². The van der Waals surface area contributed by atoms with Crippen LogP contribution in [0.2, 0.25) is 5.02 Å². The number of aliphatic carboxylic acids is 2. The third-order valence-corrected chi connectivity index (χ3v) is 9.15. The van der Waals surface area contributed by atoms with Crippen molar-refractivity contribution in [1.82, 2.24) is 25.0 Å². The molecule has 0 aliphatic carbocycles. The van der Waals surface area contributed by atoms with Crippen LogP contribution in [0.3, 0.4) is 0 Å². The molecule has 4 N–H and O–H groups in total. The largest absolute Gasteiger partial charge is 0.490 e. The van der Waals surface area contributed by atoms with Gasteiger partial charge in [-0.3, -0.25) is 4.79 Å². The van der Waals surface area contributed by atoms with E-state index >= 15 is 0 Å². The van der Waals surface area contributed by atoms with Crippen molar-refractivity contribution in [2.75, 3.05) is 64.8 Å². The lowest BCUT2D eigenvalue weighted by Crippen LogP contribution is -2.58. The van der Waals surface area contributed by atoms with E-state index in [1.54, 1.807) is 0 Å². The van der Waals surface area contributed by atoms with Crippen LogP contribution in [0.5, 0.6) is 0 Å². The number of amides is 3. The summed E-state index contributed by atoms with van der Waals surface area (Å²) >= 11 is 6.39. The second-order valence-corrected chi connectivity index (χ2v) is 13.5. The third-order valence-electron chi connectivity index (χ3n) is 8.92. The number of fused-ring (bicyclic) bond motifs is 2. The molecule has 0 bridgehead atoms. The molecule has 3 heterocycles. The van der Waals surface area contributed by atoms with Crippen LogP contribution in [0.15, 0.2) is 48.7 Å². The number of rotatable bonds is 7. The van der Waals surface area contributed by atoms with Crippen LogP contribution in [0.1, 0.15) is 30.9 Å². The SMILES string of the molecule is CCN1CCN(C(=O)NC(C(=O)N2C[C@@H](CN(C)C)Cc3cc(Cl)ccc32)C(C)c2c[nH]c3ccccc23)CC1.O=C(O)C(F)(F)F.O=C(O)C(F)(F)F. The van der Waals surface area contributed by atoms with Crippen LogP contribution < -0.4 is 10.2 Å². The lowest BCUT2D eigenvalue weighted by atomic mass is 9.88. The van der Waals surface area contributed by atoms with Gasteiger partial charge in [-0.15, -0.1) is 0 Å². The summed E-state index contributed by atoms with van der Waals surface area (Å²) in [5.41, 5.74) is 3.98. The number of carbonyl (C=O) groups is 4. The standard InChI is InChI=1S/C31H41ClN6O2.2C2HF3O2/c1-5-36-12-14-37(15-13-36)31(40)34-29(21(2)26-18-33-27-9-7-6-8-25(26)27)30(39)38-20-22(19-35(3)4)16-23-17-24(32)10-11-28(23)38;2*3-2(4,5)1(6)7/h6-11,17-18,21-22,29,33H,5,12-16,19-20H2,1-4H3,(H,34,40);2*(H,6,7)/t21?,22-,29?;;/m1../s1. The number of carboxylic acids is 2. The molecule has 54 heavy (non-hydrogen) atoms. The Balaban J connectivity index is 0.000000476. The summed E-state index contributed by atoms with van der Waals surface area (Å²) in [6, 6.07) is 12.9. The topological polar surface area (TPSA) is 150 Å². The molecule has 2 aliphatic heterocycles. The molecule has 0 spiro atoms. The number of likely N-dealkylation sites (N-methyl/N-ethyl adjacent to an activating group) is 1. The Morgan fingerprint density at radius 2 is 1.54 bits per heavy atom. The lowest BCUT2D eigenvalue weighted by molar-refractivity contribution is -0.193. The molecule has 298 valence electrons. The Morgan fingerprint density at radius 3 is 2.07 bits per heavy atom. The van der Waals surface area contributed by atoms with Gasteiger partial charge < -0.3 is 40.1 Å². The molecular formula is C35H43ClF6N6O6. The number of urea groups is 1. The fourth-order valence-corrected chi connectivity index (χ4v) is 6.47. The number of carbonyl (C=O) groups excluding carboxylic acids is 2. The Hall–Kier alpha value is -4.55. The van der Waals surface area contributed by atoms with E-state index in [0.717, 1.165) is 60.3 Å². The summed E-state index contributed by atoms with van der Waals surface area (Å²) in [7, 11) is 4.11. The quantitative estimate of drug-likeness (QED) is 0.224. The van der Waals surface area contributed by atoms with Gasteiger partial charge in [0.1, 0.15) is 6.04 Å². The van der Waals surface area contributed by atoms with Crippen molar-refractivity contribution >= 4 is 52.1 Å². The molecule has 5 rings (SSSR count). The van der Waals surface area contributed by atoms with Gasteiger partial charge in [-0.05, 0) is 68.4 Å². The van der Waals surface area contributed by atoms with E-state index in [-0.39, 0.29) is 23.8 Å². The Labute approximate surface area is 312 Å². The zero-order valence-electron chi connectivity index (χ0n) is 30.0. The van der Waals surface area contributed by atoms with Crippen molar-refractivity contribution in [3.05, 3.63) is 64.8 Å². The fraction of sp³-hybridized carbons (Fsp3) is 0.486. The van der Waals surface area contributed by atoms with Crippen molar-refractivity contribution in [3.63, 3.8) is 0 Å². The van der Waals surface area contributed by atoms with Crippen LogP contribution in [0.4, 0.5) is 36.8 Å². The molecule has 1 aromatic heterocycles. The van der Waals surface area contributed by atoms with Crippen molar-refractivity contribution in [2.45, 2.75) is 44.6 Å². The van der Waals surface area contributed by atoms with E-state index < -0.39 is 30.3 Å². The van der Waals surface area contributed by atoms with Crippen LogP contribution >= 0.6 is 11.6 Å². The summed E-state index contributed by atoms with van der Waals surface area (Å²) in [4.78, 5) is 57.6. The van der Waals surface area contributed by atoms with Gasteiger partial charge in [-0.1, -0.05) is 43.6 Å². The second-order valence-electron chi connectivity index (χ2n) is 13.1. The first-order chi connectivity index (χ1) is 25.1. The number of hydrogen-bond donors (Lipinski definition) is 4. The number of hydrogen-bond acceptors (Lipinski definition) is 6. The van der Waals surface area contributed by atoms with Crippen molar-refractivity contribution < 1.29 is 55.7 Å². The van der Waals surface area contributed by atoms with Gasteiger partial charge in [0, 0.05) is 73.0 Å². The predicted molar refractivity (Wildman–Crippen MR) is 190 cm³/mol. The molecule has 12 nitrogen and oxygen atoms in total. The number of nitrogens with one attached hydrogen (secondary N) is 2. The molecular weight excluding hydrogens is 750 g/mol. The first-order valence-corrected chi connectivity index (χ1v) is 17.2. The molecule has 3 atom stereocenters. The highest BCUT2D eigenvalue weighted by Gasteiger charge is 2.40. The number of aromatic nitrogens is 1.